The summed E-state index contributed by atoms with van der Waals surface area (Å²) in [6, 6.07) is 19.0. The fourth-order valence-corrected chi connectivity index (χ4v) is 3.14. The maximum absolute atomic E-state index is 12.2. The molecule has 0 radical (unpaired) electrons. The van der Waals surface area contributed by atoms with Crippen LogP contribution >= 0.6 is 11.6 Å². The number of benzene rings is 3. The molecule has 0 aliphatic carbocycles. The lowest BCUT2D eigenvalue weighted by molar-refractivity contribution is -0.118. The van der Waals surface area contributed by atoms with E-state index in [4.69, 9.17) is 21.1 Å². The first kappa shape index (κ1) is 21.5. The number of hydrogen-bond donors (Lipinski definition) is 2. The van der Waals surface area contributed by atoms with Crippen LogP contribution in [0.4, 0.5) is 11.4 Å². The van der Waals surface area contributed by atoms with Gasteiger partial charge in [0.05, 0.1) is 7.11 Å². The van der Waals surface area contributed by atoms with Gasteiger partial charge < -0.3 is 20.1 Å². The number of hydrogen-bond acceptors (Lipinski definition) is 4. The van der Waals surface area contributed by atoms with E-state index in [0.29, 0.717) is 23.1 Å². The van der Waals surface area contributed by atoms with Crippen LogP contribution in [0, 0.1) is 13.8 Å². The van der Waals surface area contributed by atoms with Crippen molar-refractivity contribution in [2.75, 3.05) is 24.4 Å². The van der Waals surface area contributed by atoms with E-state index in [1.165, 1.54) is 0 Å². The molecule has 3 aromatic rings. The van der Waals surface area contributed by atoms with Gasteiger partial charge in [-0.05, 0) is 60.9 Å². The Balaban J connectivity index is 1.60. The molecule has 0 bridgehead atoms. The quantitative estimate of drug-likeness (QED) is 0.494. The number of carbonyl (C=O) groups excluding carboxylic acids is 1. The Hall–Kier alpha value is -3.18. The molecular formula is C24H25ClN2O3. The molecule has 0 aliphatic rings. The van der Waals surface area contributed by atoms with Crippen molar-refractivity contribution in [3.63, 3.8) is 0 Å². The second-order valence-corrected chi connectivity index (χ2v) is 7.39. The van der Waals surface area contributed by atoms with Gasteiger partial charge in [0, 0.05) is 22.9 Å². The zero-order chi connectivity index (χ0) is 21.5. The van der Waals surface area contributed by atoms with Crippen molar-refractivity contribution in [3.8, 4) is 11.5 Å². The molecule has 0 heterocycles. The van der Waals surface area contributed by atoms with Crippen LogP contribution in [0.2, 0.25) is 5.02 Å². The van der Waals surface area contributed by atoms with Crippen LogP contribution in [-0.4, -0.2) is 19.6 Å². The Morgan fingerprint density at radius 1 is 0.933 bits per heavy atom. The van der Waals surface area contributed by atoms with Gasteiger partial charge in [-0.1, -0.05) is 41.9 Å². The summed E-state index contributed by atoms with van der Waals surface area (Å²) in [6.45, 7) is 4.46. The summed E-state index contributed by atoms with van der Waals surface area (Å²) in [4.78, 5) is 12.2. The molecule has 0 unspecified atom stereocenters. The Morgan fingerprint density at radius 2 is 1.70 bits per heavy atom. The van der Waals surface area contributed by atoms with Gasteiger partial charge in [-0.15, -0.1) is 0 Å². The Bertz CT molecular complexity index is 1040. The molecule has 2 N–H and O–H groups in total. The van der Waals surface area contributed by atoms with E-state index < -0.39 is 0 Å². The Kier molecular flexibility index (Phi) is 7.20. The largest absolute Gasteiger partial charge is 0.493 e. The summed E-state index contributed by atoms with van der Waals surface area (Å²) in [6.07, 6.45) is 0. The van der Waals surface area contributed by atoms with Gasteiger partial charge in [-0.2, -0.15) is 0 Å². The normalized spacial score (nSPS) is 10.4. The smallest absolute Gasteiger partial charge is 0.262 e. The zero-order valence-corrected chi connectivity index (χ0v) is 18.0. The van der Waals surface area contributed by atoms with Gasteiger partial charge in [0.25, 0.3) is 5.91 Å². The van der Waals surface area contributed by atoms with Gasteiger partial charge in [-0.25, -0.2) is 0 Å². The number of nitrogens with one attached hydrogen (secondary N) is 2. The maximum Gasteiger partial charge on any atom is 0.262 e. The summed E-state index contributed by atoms with van der Waals surface area (Å²) in [5.74, 6) is 0.856. The fourth-order valence-electron chi connectivity index (χ4n) is 2.97. The van der Waals surface area contributed by atoms with Crippen LogP contribution in [0.15, 0.2) is 60.7 Å². The van der Waals surface area contributed by atoms with Crippen molar-refractivity contribution >= 4 is 28.9 Å². The van der Waals surface area contributed by atoms with Gasteiger partial charge in [0.15, 0.2) is 18.1 Å². The number of aryl methyl sites for hydroxylation is 2. The highest BCUT2D eigenvalue weighted by Crippen LogP contribution is 2.29. The van der Waals surface area contributed by atoms with E-state index in [9.17, 15) is 4.79 Å². The zero-order valence-electron chi connectivity index (χ0n) is 17.3. The summed E-state index contributed by atoms with van der Waals surface area (Å²) in [5, 5.41) is 6.92. The minimum absolute atomic E-state index is 0.107. The standard InChI is InChI=1S/C24H25ClN2O3/c1-16-6-4-5-7-20(16)27-24(28)15-30-22-11-9-18(12-23(22)29-3)14-26-21-13-19(25)10-8-17(21)2/h4-13,26H,14-15H2,1-3H3,(H,27,28). The lowest BCUT2D eigenvalue weighted by Gasteiger charge is -2.14. The van der Waals surface area contributed by atoms with Crippen LogP contribution in [0.5, 0.6) is 11.5 Å². The molecule has 5 nitrogen and oxygen atoms in total. The molecule has 30 heavy (non-hydrogen) atoms. The SMILES string of the molecule is COc1cc(CNc2cc(Cl)ccc2C)ccc1OCC(=O)Nc1ccccc1C. The predicted octanol–water partition coefficient (Wildman–Crippen LogP) is 5.60. The maximum atomic E-state index is 12.2. The third-order valence-corrected chi connectivity index (χ3v) is 4.92. The minimum Gasteiger partial charge on any atom is -0.493 e. The van der Waals surface area contributed by atoms with Gasteiger partial charge in [0.1, 0.15) is 0 Å². The molecule has 0 aromatic heterocycles. The monoisotopic (exact) mass is 424 g/mol. The lowest BCUT2D eigenvalue weighted by atomic mass is 10.1. The molecular weight excluding hydrogens is 400 g/mol. The fraction of sp³-hybridized carbons (Fsp3) is 0.208. The number of rotatable bonds is 8. The highest BCUT2D eigenvalue weighted by molar-refractivity contribution is 6.30. The molecule has 1 amide bonds. The van der Waals surface area contributed by atoms with Crippen LogP contribution in [0.3, 0.4) is 0 Å². The molecule has 0 saturated carbocycles. The van der Waals surface area contributed by atoms with E-state index in [0.717, 1.165) is 28.1 Å². The Morgan fingerprint density at radius 3 is 2.47 bits per heavy atom. The molecule has 3 rings (SSSR count). The van der Waals surface area contributed by atoms with Crippen LogP contribution < -0.4 is 20.1 Å². The predicted molar refractivity (Wildman–Crippen MR) is 122 cm³/mol. The van der Waals surface area contributed by atoms with Gasteiger partial charge >= 0.3 is 0 Å². The molecule has 0 saturated heterocycles. The first-order chi connectivity index (χ1) is 14.5. The number of para-hydroxylation sites is 1. The van der Waals surface area contributed by atoms with Crippen molar-refractivity contribution in [1.29, 1.82) is 0 Å². The van der Waals surface area contributed by atoms with E-state index in [1.807, 2.05) is 74.5 Å². The molecule has 3 aromatic carbocycles. The molecule has 0 aliphatic heterocycles. The van der Waals surface area contributed by atoms with Crippen LogP contribution in [0.1, 0.15) is 16.7 Å². The van der Waals surface area contributed by atoms with Crippen LogP contribution in [-0.2, 0) is 11.3 Å². The number of halogens is 1. The summed E-state index contributed by atoms with van der Waals surface area (Å²) < 4.78 is 11.1. The third-order valence-electron chi connectivity index (χ3n) is 4.69. The highest BCUT2D eigenvalue weighted by Gasteiger charge is 2.10. The molecule has 6 heteroatoms. The van der Waals surface area contributed by atoms with Gasteiger partial charge in [-0.3, -0.25) is 4.79 Å². The second-order valence-electron chi connectivity index (χ2n) is 6.95. The number of carbonyl (C=O) groups is 1. The van der Waals surface area contributed by atoms with Crippen molar-refractivity contribution in [2.45, 2.75) is 20.4 Å². The number of methoxy groups -OCH3 is 1. The Labute approximate surface area is 182 Å². The number of amides is 1. The topological polar surface area (TPSA) is 59.6 Å². The average molecular weight is 425 g/mol. The summed E-state index contributed by atoms with van der Waals surface area (Å²) >= 11 is 6.08. The van der Waals surface area contributed by atoms with E-state index >= 15 is 0 Å². The average Bonchev–Trinajstić information content (AvgIpc) is 2.74. The van der Waals surface area contributed by atoms with E-state index in [2.05, 4.69) is 10.6 Å². The van der Waals surface area contributed by atoms with E-state index in [1.54, 1.807) is 7.11 Å². The molecule has 0 fully saturated rings. The van der Waals surface area contributed by atoms with Crippen LogP contribution in [0.25, 0.3) is 0 Å². The minimum atomic E-state index is -0.228. The number of ether oxygens (including phenoxy) is 2. The number of anilines is 2. The van der Waals surface area contributed by atoms with Crippen molar-refractivity contribution in [3.05, 3.63) is 82.4 Å². The second kappa shape index (κ2) is 10.0. The van der Waals surface area contributed by atoms with Crippen molar-refractivity contribution in [2.24, 2.45) is 0 Å². The third kappa shape index (κ3) is 5.67. The first-order valence-corrected chi connectivity index (χ1v) is 9.99. The van der Waals surface area contributed by atoms with Crippen molar-refractivity contribution < 1.29 is 14.3 Å². The molecule has 0 atom stereocenters. The van der Waals surface area contributed by atoms with Crippen molar-refractivity contribution in [1.82, 2.24) is 0 Å². The lowest BCUT2D eigenvalue weighted by Crippen LogP contribution is -2.20. The first-order valence-electron chi connectivity index (χ1n) is 9.61. The van der Waals surface area contributed by atoms with E-state index in [-0.39, 0.29) is 12.5 Å². The van der Waals surface area contributed by atoms with Gasteiger partial charge in [0.2, 0.25) is 0 Å². The molecule has 156 valence electrons. The highest BCUT2D eigenvalue weighted by atomic mass is 35.5. The summed E-state index contributed by atoms with van der Waals surface area (Å²) in [5.41, 5.74) is 4.88. The molecule has 0 spiro atoms. The summed E-state index contributed by atoms with van der Waals surface area (Å²) in [7, 11) is 1.58.